The van der Waals surface area contributed by atoms with Crippen molar-refractivity contribution in [3.05, 3.63) is 22.4 Å². The molecule has 1 aromatic heterocycles. The molecule has 0 saturated carbocycles. The highest BCUT2D eigenvalue weighted by atomic mass is 127. The summed E-state index contributed by atoms with van der Waals surface area (Å²) in [6.07, 6.45) is 1.05. The van der Waals surface area contributed by atoms with Gasteiger partial charge in [0.25, 0.3) is 0 Å². The van der Waals surface area contributed by atoms with Gasteiger partial charge in [-0.15, -0.1) is 35.3 Å². The van der Waals surface area contributed by atoms with Crippen LogP contribution in [0.2, 0.25) is 0 Å². The zero-order chi connectivity index (χ0) is 13.4. The molecular weight excluding hydrogens is 373 g/mol. The predicted molar refractivity (Wildman–Crippen MR) is 93.6 cm³/mol. The molecule has 0 aromatic carbocycles. The lowest BCUT2D eigenvalue weighted by Gasteiger charge is -2.20. The first-order valence-electron chi connectivity index (χ1n) is 6.38. The second-order valence-electron chi connectivity index (χ2n) is 4.37. The SMILES string of the molecule is CCCNC(=NCC(C)(O)c1cccs1)NCC.I. The number of hydrogen-bond acceptors (Lipinski definition) is 3. The van der Waals surface area contributed by atoms with Gasteiger partial charge in [-0.3, -0.25) is 0 Å². The minimum atomic E-state index is -0.900. The van der Waals surface area contributed by atoms with Crippen LogP contribution >= 0.6 is 35.3 Å². The number of nitrogens with zero attached hydrogens (tertiary/aromatic N) is 1. The molecule has 19 heavy (non-hydrogen) atoms. The molecule has 1 heterocycles. The maximum atomic E-state index is 10.4. The van der Waals surface area contributed by atoms with Gasteiger partial charge in [-0.25, -0.2) is 4.99 Å². The van der Waals surface area contributed by atoms with Gasteiger partial charge in [0.15, 0.2) is 5.96 Å². The third kappa shape index (κ3) is 6.58. The Morgan fingerprint density at radius 3 is 2.68 bits per heavy atom. The van der Waals surface area contributed by atoms with E-state index in [0.717, 1.165) is 30.3 Å². The van der Waals surface area contributed by atoms with E-state index in [4.69, 9.17) is 0 Å². The van der Waals surface area contributed by atoms with Gasteiger partial charge in [0.2, 0.25) is 0 Å². The Morgan fingerprint density at radius 2 is 2.16 bits per heavy atom. The third-order valence-electron chi connectivity index (χ3n) is 2.48. The first-order chi connectivity index (χ1) is 8.60. The third-order valence-corrected chi connectivity index (χ3v) is 3.61. The van der Waals surface area contributed by atoms with Crippen LogP contribution in [0, 0.1) is 0 Å². The summed E-state index contributed by atoms with van der Waals surface area (Å²) in [5.41, 5.74) is -0.900. The molecule has 0 saturated heterocycles. The molecule has 6 heteroatoms. The van der Waals surface area contributed by atoms with Crippen molar-refractivity contribution in [2.24, 2.45) is 4.99 Å². The van der Waals surface area contributed by atoms with E-state index < -0.39 is 5.60 Å². The number of aliphatic hydroxyl groups is 1. The molecule has 4 nitrogen and oxygen atoms in total. The monoisotopic (exact) mass is 397 g/mol. The summed E-state index contributed by atoms with van der Waals surface area (Å²) in [7, 11) is 0. The molecular formula is C13H24IN3OS. The van der Waals surface area contributed by atoms with Crippen LogP contribution in [0.5, 0.6) is 0 Å². The highest BCUT2D eigenvalue weighted by Gasteiger charge is 2.23. The zero-order valence-electron chi connectivity index (χ0n) is 11.8. The van der Waals surface area contributed by atoms with Crippen LogP contribution in [0.15, 0.2) is 22.5 Å². The van der Waals surface area contributed by atoms with Gasteiger partial charge < -0.3 is 15.7 Å². The average molecular weight is 397 g/mol. The number of rotatable bonds is 6. The lowest BCUT2D eigenvalue weighted by molar-refractivity contribution is 0.0711. The van der Waals surface area contributed by atoms with Crippen molar-refractivity contribution in [1.82, 2.24) is 10.6 Å². The van der Waals surface area contributed by atoms with Crippen LogP contribution in [0.3, 0.4) is 0 Å². The van der Waals surface area contributed by atoms with Crippen molar-refractivity contribution in [3.63, 3.8) is 0 Å². The number of thiophene rings is 1. The lowest BCUT2D eigenvalue weighted by atomic mass is 10.1. The summed E-state index contributed by atoms with van der Waals surface area (Å²) in [6, 6.07) is 3.88. The van der Waals surface area contributed by atoms with Gasteiger partial charge in [0.1, 0.15) is 5.60 Å². The molecule has 0 aliphatic carbocycles. The zero-order valence-corrected chi connectivity index (χ0v) is 14.9. The topological polar surface area (TPSA) is 56.7 Å². The summed E-state index contributed by atoms with van der Waals surface area (Å²) in [5, 5.41) is 18.7. The van der Waals surface area contributed by atoms with Crippen molar-refractivity contribution in [1.29, 1.82) is 0 Å². The quantitative estimate of drug-likeness (QED) is 0.393. The van der Waals surface area contributed by atoms with E-state index in [9.17, 15) is 5.11 Å². The number of hydrogen-bond donors (Lipinski definition) is 3. The number of aliphatic imine (C=N–C) groups is 1. The van der Waals surface area contributed by atoms with Crippen LogP contribution in [-0.4, -0.2) is 30.7 Å². The van der Waals surface area contributed by atoms with Gasteiger partial charge in [-0.05, 0) is 31.7 Å². The number of halogens is 1. The van der Waals surface area contributed by atoms with Gasteiger partial charge in [0.05, 0.1) is 6.54 Å². The minimum Gasteiger partial charge on any atom is -0.383 e. The van der Waals surface area contributed by atoms with E-state index in [1.807, 2.05) is 24.4 Å². The molecule has 0 aliphatic rings. The van der Waals surface area contributed by atoms with Gasteiger partial charge in [0, 0.05) is 18.0 Å². The first-order valence-corrected chi connectivity index (χ1v) is 7.26. The summed E-state index contributed by atoms with van der Waals surface area (Å²) < 4.78 is 0. The summed E-state index contributed by atoms with van der Waals surface area (Å²) in [5.74, 6) is 0.760. The fraction of sp³-hybridized carbons (Fsp3) is 0.615. The molecule has 0 fully saturated rings. The predicted octanol–water partition coefficient (Wildman–Crippen LogP) is 2.54. The Labute approximate surface area is 136 Å². The lowest BCUT2D eigenvalue weighted by Crippen LogP contribution is -2.39. The number of guanidine groups is 1. The molecule has 0 radical (unpaired) electrons. The maximum Gasteiger partial charge on any atom is 0.191 e. The second-order valence-corrected chi connectivity index (χ2v) is 5.32. The Bertz CT molecular complexity index is 366. The molecule has 1 aromatic rings. The van der Waals surface area contributed by atoms with Crippen LogP contribution in [0.4, 0.5) is 0 Å². The van der Waals surface area contributed by atoms with E-state index >= 15 is 0 Å². The highest BCUT2D eigenvalue weighted by molar-refractivity contribution is 14.0. The van der Waals surface area contributed by atoms with Gasteiger partial charge >= 0.3 is 0 Å². The average Bonchev–Trinajstić information content (AvgIpc) is 2.87. The minimum absolute atomic E-state index is 0. The Morgan fingerprint density at radius 1 is 1.42 bits per heavy atom. The first kappa shape index (κ1) is 18.7. The summed E-state index contributed by atoms with van der Waals surface area (Å²) in [4.78, 5) is 5.37. The standard InChI is InChI=1S/C13H23N3OS.HI/c1-4-8-15-12(14-5-2)16-10-13(3,17)11-7-6-9-18-11;/h6-7,9,17H,4-5,8,10H2,1-3H3,(H2,14,15,16);1H. The van der Waals surface area contributed by atoms with Crippen LogP contribution < -0.4 is 10.6 Å². The Kier molecular flexibility index (Phi) is 9.38. The van der Waals surface area contributed by atoms with Crippen LogP contribution in [0.1, 0.15) is 32.1 Å². The second kappa shape index (κ2) is 9.55. The molecule has 0 spiro atoms. The Balaban J connectivity index is 0.00000324. The highest BCUT2D eigenvalue weighted by Crippen LogP contribution is 2.25. The van der Waals surface area contributed by atoms with Crippen molar-refractivity contribution in [3.8, 4) is 0 Å². The Hall–Kier alpha value is -0.340. The van der Waals surface area contributed by atoms with Crippen molar-refractivity contribution in [2.45, 2.75) is 32.8 Å². The maximum absolute atomic E-state index is 10.4. The molecule has 3 N–H and O–H groups in total. The fourth-order valence-corrected chi connectivity index (χ4v) is 2.26. The van der Waals surface area contributed by atoms with Crippen LogP contribution in [0.25, 0.3) is 0 Å². The van der Waals surface area contributed by atoms with E-state index in [0.29, 0.717) is 6.54 Å². The molecule has 1 rings (SSSR count). The molecule has 0 aliphatic heterocycles. The fourth-order valence-electron chi connectivity index (χ4n) is 1.48. The molecule has 110 valence electrons. The van der Waals surface area contributed by atoms with E-state index in [2.05, 4.69) is 22.5 Å². The molecule has 0 amide bonds. The molecule has 1 unspecified atom stereocenters. The summed E-state index contributed by atoms with van der Waals surface area (Å²) in [6.45, 7) is 7.99. The summed E-state index contributed by atoms with van der Waals surface area (Å²) >= 11 is 1.55. The van der Waals surface area contributed by atoms with Crippen molar-refractivity contribution in [2.75, 3.05) is 19.6 Å². The molecule has 0 bridgehead atoms. The normalized spacial score (nSPS) is 14.4. The largest absolute Gasteiger partial charge is 0.383 e. The van der Waals surface area contributed by atoms with E-state index in [1.165, 1.54) is 0 Å². The van der Waals surface area contributed by atoms with Crippen LogP contribution in [-0.2, 0) is 5.60 Å². The number of nitrogens with one attached hydrogen (secondary N) is 2. The van der Waals surface area contributed by atoms with Gasteiger partial charge in [-0.2, -0.15) is 0 Å². The van der Waals surface area contributed by atoms with Crippen molar-refractivity contribution < 1.29 is 5.11 Å². The molecule has 1 atom stereocenters. The van der Waals surface area contributed by atoms with Gasteiger partial charge in [-0.1, -0.05) is 13.0 Å². The van der Waals surface area contributed by atoms with Crippen molar-refractivity contribution >= 4 is 41.3 Å². The van der Waals surface area contributed by atoms with E-state index in [-0.39, 0.29) is 24.0 Å². The van der Waals surface area contributed by atoms with E-state index in [1.54, 1.807) is 18.3 Å². The smallest absolute Gasteiger partial charge is 0.191 e.